The minimum atomic E-state index is -0.583. The van der Waals surface area contributed by atoms with Gasteiger partial charge in [-0.25, -0.2) is 0 Å². The fraction of sp³-hybridized carbons (Fsp3) is 0.917. The second-order valence-electron chi connectivity index (χ2n) is 4.66. The van der Waals surface area contributed by atoms with Crippen LogP contribution >= 0.6 is 0 Å². The summed E-state index contributed by atoms with van der Waals surface area (Å²) in [5.74, 6) is -0.204. The summed E-state index contributed by atoms with van der Waals surface area (Å²) in [6.07, 6.45) is 4.80. The molecule has 0 aliphatic carbocycles. The van der Waals surface area contributed by atoms with Gasteiger partial charge in [-0.1, -0.05) is 26.2 Å². The summed E-state index contributed by atoms with van der Waals surface area (Å²) in [5, 5.41) is 3.29. The van der Waals surface area contributed by atoms with Crippen LogP contribution in [0.4, 0.5) is 0 Å². The minimum Gasteiger partial charge on any atom is -0.468 e. The number of esters is 1. The fourth-order valence-corrected chi connectivity index (χ4v) is 1.70. The van der Waals surface area contributed by atoms with E-state index in [0.717, 1.165) is 6.42 Å². The standard InChI is InChI=1S/C12H25NO2/c1-6-7-8-9-10(2)13-12(3,4)11(14)15-5/h10,13H,6-9H2,1-5H3. The third-order valence-electron chi connectivity index (χ3n) is 2.54. The molecule has 0 saturated carbocycles. The molecule has 3 heteroatoms. The molecule has 0 radical (unpaired) electrons. The highest BCUT2D eigenvalue weighted by atomic mass is 16.5. The Morgan fingerprint density at radius 2 is 2.00 bits per heavy atom. The SMILES string of the molecule is CCCCCC(C)NC(C)(C)C(=O)OC. The van der Waals surface area contributed by atoms with Crippen molar-refractivity contribution < 1.29 is 9.53 Å². The van der Waals surface area contributed by atoms with Crippen molar-refractivity contribution in [3.05, 3.63) is 0 Å². The lowest BCUT2D eigenvalue weighted by atomic mass is 10.0. The Hall–Kier alpha value is -0.570. The van der Waals surface area contributed by atoms with Crippen molar-refractivity contribution in [1.82, 2.24) is 5.32 Å². The second-order valence-corrected chi connectivity index (χ2v) is 4.66. The van der Waals surface area contributed by atoms with Gasteiger partial charge in [-0.3, -0.25) is 10.1 Å². The third-order valence-corrected chi connectivity index (χ3v) is 2.54. The van der Waals surface area contributed by atoms with E-state index in [-0.39, 0.29) is 5.97 Å². The lowest BCUT2D eigenvalue weighted by molar-refractivity contribution is -0.147. The number of carbonyl (C=O) groups is 1. The average Bonchev–Trinajstić information content (AvgIpc) is 2.16. The first-order chi connectivity index (χ1) is 6.94. The van der Waals surface area contributed by atoms with Crippen molar-refractivity contribution in [3.8, 4) is 0 Å². The molecule has 0 aromatic heterocycles. The number of unbranched alkanes of at least 4 members (excludes halogenated alkanes) is 2. The van der Waals surface area contributed by atoms with Crippen molar-refractivity contribution in [2.45, 2.75) is 65.0 Å². The largest absolute Gasteiger partial charge is 0.468 e. The van der Waals surface area contributed by atoms with E-state index in [0.29, 0.717) is 6.04 Å². The monoisotopic (exact) mass is 215 g/mol. The first kappa shape index (κ1) is 14.4. The molecule has 3 nitrogen and oxygen atoms in total. The van der Waals surface area contributed by atoms with Crippen molar-refractivity contribution in [1.29, 1.82) is 0 Å². The van der Waals surface area contributed by atoms with E-state index in [4.69, 9.17) is 4.74 Å². The van der Waals surface area contributed by atoms with Crippen LogP contribution in [0, 0.1) is 0 Å². The molecule has 0 saturated heterocycles. The first-order valence-corrected chi connectivity index (χ1v) is 5.80. The van der Waals surface area contributed by atoms with Gasteiger partial charge < -0.3 is 4.74 Å². The van der Waals surface area contributed by atoms with Gasteiger partial charge >= 0.3 is 5.97 Å². The maximum atomic E-state index is 11.4. The molecule has 0 aromatic carbocycles. The van der Waals surface area contributed by atoms with Crippen molar-refractivity contribution in [2.24, 2.45) is 0 Å². The fourth-order valence-electron chi connectivity index (χ4n) is 1.70. The summed E-state index contributed by atoms with van der Waals surface area (Å²) in [6.45, 7) is 8.02. The van der Waals surface area contributed by atoms with Gasteiger partial charge in [0.2, 0.25) is 0 Å². The van der Waals surface area contributed by atoms with E-state index in [1.165, 1.54) is 26.4 Å². The van der Waals surface area contributed by atoms with Crippen LogP contribution in [-0.2, 0) is 9.53 Å². The van der Waals surface area contributed by atoms with E-state index in [2.05, 4.69) is 19.2 Å². The zero-order chi connectivity index (χ0) is 11.9. The summed E-state index contributed by atoms with van der Waals surface area (Å²) in [6, 6.07) is 0.352. The van der Waals surface area contributed by atoms with Crippen LogP contribution in [0.25, 0.3) is 0 Å². The summed E-state index contributed by atoms with van der Waals surface area (Å²) in [5.41, 5.74) is -0.583. The van der Waals surface area contributed by atoms with E-state index in [9.17, 15) is 4.79 Å². The molecule has 0 heterocycles. The minimum absolute atomic E-state index is 0.204. The molecule has 0 aliphatic heterocycles. The molecule has 0 amide bonds. The normalized spacial score (nSPS) is 13.7. The van der Waals surface area contributed by atoms with Gasteiger partial charge in [-0.2, -0.15) is 0 Å². The smallest absolute Gasteiger partial charge is 0.325 e. The number of nitrogens with one attached hydrogen (secondary N) is 1. The van der Waals surface area contributed by atoms with Gasteiger partial charge in [0.05, 0.1) is 7.11 Å². The molecule has 0 fully saturated rings. The molecule has 0 spiro atoms. The third kappa shape index (κ3) is 5.78. The highest BCUT2D eigenvalue weighted by Crippen LogP contribution is 2.10. The maximum Gasteiger partial charge on any atom is 0.325 e. The Kier molecular flexibility index (Phi) is 6.57. The zero-order valence-corrected chi connectivity index (χ0v) is 10.7. The van der Waals surface area contributed by atoms with Gasteiger partial charge in [0, 0.05) is 6.04 Å². The lowest BCUT2D eigenvalue weighted by Gasteiger charge is -2.27. The van der Waals surface area contributed by atoms with E-state index >= 15 is 0 Å². The average molecular weight is 215 g/mol. The van der Waals surface area contributed by atoms with Crippen molar-refractivity contribution in [2.75, 3.05) is 7.11 Å². The van der Waals surface area contributed by atoms with Crippen LogP contribution in [0.2, 0.25) is 0 Å². The Labute approximate surface area is 93.6 Å². The molecular weight excluding hydrogens is 190 g/mol. The molecule has 1 unspecified atom stereocenters. The summed E-state index contributed by atoms with van der Waals surface area (Å²) < 4.78 is 4.74. The van der Waals surface area contributed by atoms with Crippen LogP contribution in [0.1, 0.15) is 53.4 Å². The molecule has 0 rings (SSSR count). The number of carbonyl (C=O) groups excluding carboxylic acids is 1. The van der Waals surface area contributed by atoms with Crippen molar-refractivity contribution >= 4 is 5.97 Å². The highest BCUT2D eigenvalue weighted by Gasteiger charge is 2.29. The molecule has 1 N–H and O–H groups in total. The van der Waals surface area contributed by atoms with Gasteiger partial charge in [-0.05, 0) is 27.2 Å². The second kappa shape index (κ2) is 6.83. The van der Waals surface area contributed by atoms with Crippen LogP contribution < -0.4 is 5.32 Å². The van der Waals surface area contributed by atoms with Crippen LogP contribution in [0.3, 0.4) is 0 Å². The van der Waals surface area contributed by atoms with Gasteiger partial charge in [-0.15, -0.1) is 0 Å². The summed E-state index contributed by atoms with van der Waals surface area (Å²) in [4.78, 5) is 11.4. The van der Waals surface area contributed by atoms with E-state index in [1.54, 1.807) is 0 Å². The van der Waals surface area contributed by atoms with Gasteiger partial charge in [0.15, 0.2) is 0 Å². The number of methoxy groups -OCH3 is 1. The molecule has 1 atom stereocenters. The predicted molar refractivity (Wildman–Crippen MR) is 62.8 cm³/mol. The van der Waals surface area contributed by atoms with Crippen LogP contribution in [0.15, 0.2) is 0 Å². The number of hydrogen-bond donors (Lipinski definition) is 1. The Morgan fingerprint density at radius 3 is 2.47 bits per heavy atom. The summed E-state index contributed by atoms with van der Waals surface area (Å²) >= 11 is 0. The van der Waals surface area contributed by atoms with Gasteiger partial charge in [0.1, 0.15) is 5.54 Å². The lowest BCUT2D eigenvalue weighted by Crippen LogP contribution is -2.51. The number of hydrogen-bond acceptors (Lipinski definition) is 3. The molecule has 0 bridgehead atoms. The van der Waals surface area contributed by atoms with E-state index in [1.807, 2.05) is 13.8 Å². The Balaban J connectivity index is 3.93. The topological polar surface area (TPSA) is 38.3 Å². The number of rotatable bonds is 7. The molecule has 0 aliphatic rings. The first-order valence-electron chi connectivity index (χ1n) is 5.80. The van der Waals surface area contributed by atoms with Gasteiger partial charge in [0.25, 0.3) is 0 Å². The molecular formula is C12H25NO2. The van der Waals surface area contributed by atoms with Crippen LogP contribution in [0.5, 0.6) is 0 Å². The molecule has 15 heavy (non-hydrogen) atoms. The number of ether oxygens (including phenoxy) is 1. The molecule has 0 aromatic rings. The zero-order valence-electron chi connectivity index (χ0n) is 10.7. The Morgan fingerprint density at radius 1 is 1.40 bits per heavy atom. The van der Waals surface area contributed by atoms with Crippen molar-refractivity contribution in [3.63, 3.8) is 0 Å². The summed E-state index contributed by atoms with van der Waals surface area (Å²) in [7, 11) is 1.42. The highest BCUT2D eigenvalue weighted by molar-refractivity contribution is 5.79. The quantitative estimate of drug-likeness (QED) is 0.524. The predicted octanol–water partition coefficient (Wildman–Crippen LogP) is 2.50. The van der Waals surface area contributed by atoms with Crippen LogP contribution in [-0.4, -0.2) is 24.7 Å². The van der Waals surface area contributed by atoms with E-state index < -0.39 is 5.54 Å². The maximum absolute atomic E-state index is 11.4. The Bertz CT molecular complexity index is 190. The molecule has 90 valence electrons.